The molecule has 2 heterocycles. The highest BCUT2D eigenvalue weighted by atomic mass is 35.5. The predicted molar refractivity (Wildman–Crippen MR) is 86.5 cm³/mol. The number of aromatic nitrogens is 3. The molecule has 3 rings (SSSR count). The van der Waals surface area contributed by atoms with Crippen LogP contribution in [0.5, 0.6) is 0 Å². The van der Waals surface area contributed by atoms with Crippen molar-refractivity contribution in [2.75, 3.05) is 7.05 Å². The van der Waals surface area contributed by atoms with Crippen LogP contribution in [0.3, 0.4) is 0 Å². The fourth-order valence-electron chi connectivity index (χ4n) is 2.21. The molecule has 0 unspecified atom stereocenters. The van der Waals surface area contributed by atoms with Crippen molar-refractivity contribution in [1.29, 1.82) is 0 Å². The minimum atomic E-state index is -0.183. The summed E-state index contributed by atoms with van der Waals surface area (Å²) in [5.74, 6) is -0.183. The van der Waals surface area contributed by atoms with Crippen LogP contribution in [-0.2, 0) is 4.79 Å². The van der Waals surface area contributed by atoms with Crippen LogP contribution in [0, 0.1) is 0 Å². The largest absolute Gasteiger partial charge is 0.356 e. The number of hydrogen-bond acceptors (Lipinski definition) is 3. The molecule has 22 heavy (non-hydrogen) atoms. The van der Waals surface area contributed by atoms with Gasteiger partial charge in [-0.15, -0.1) is 0 Å². The molecule has 0 spiro atoms. The summed E-state index contributed by atoms with van der Waals surface area (Å²) < 4.78 is 0. The van der Waals surface area contributed by atoms with E-state index in [4.69, 9.17) is 11.6 Å². The lowest BCUT2D eigenvalue weighted by atomic mass is 9.97. The van der Waals surface area contributed by atoms with Crippen molar-refractivity contribution in [2.45, 2.75) is 0 Å². The van der Waals surface area contributed by atoms with Gasteiger partial charge in [-0.25, -0.2) is 0 Å². The number of likely N-dealkylation sites (N-methyl/N-ethyl adjacent to an activating group) is 1. The summed E-state index contributed by atoms with van der Waals surface area (Å²) in [7, 11) is 1.59. The zero-order chi connectivity index (χ0) is 15.5. The summed E-state index contributed by atoms with van der Waals surface area (Å²) >= 11 is 6.10. The summed E-state index contributed by atoms with van der Waals surface area (Å²) in [6.45, 7) is 0. The molecule has 0 saturated heterocycles. The lowest BCUT2D eigenvalue weighted by Gasteiger charge is -2.08. The minimum absolute atomic E-state index is 0.183. The molecule has 0 aliphatic carbocycles. The van der Waals surface area contributed by atoms with E-state index in [2.05, 4.69) is 20.5 Å². The number of H-pyrrole nitrogens is 1. The predicted octanol–water partition coefficient (Wildman–Crippen LogP) is 2.79. The molecule has 1 aromatic carbocycles. The van der Waals surface area contributed by atoms with Crippen molar-refractivity contribution in [3.63, 3.8) is 0 Å². The molecule has 0 bridgehead atoms. The second-order valence-electron chi connectivity index (χ2n) is 4.68. The maximum atomic E-state index is 11.8. The summed E-state index contributed by atoms with van der Waals surface area (Å²) in [5, 5.41) is 10.7. The SMILES string of the molecule is CNC(=O)C=C(c1cccnc1)c1ccc2n[nH]c(Cl)c2c1. The maximum absolute atomic E-state index is 11.8. The fourth-order valence-corrected chi connectivity index (χ4v) is 2.40. The average molecular weight is 313 g/mol. The van der Waals surface area contributed by atoms with Gasteiger partial charge < -0.3 is 5.32 Å². The molecule has 0 atom stereocenters. The number of amides is 1. The third-order valence-electron chi connectivity index (χ3n) is 3.31. The summed E-state index contributed by atoms with van der Waals surface area (Å²) in [6, 6.07) is 9.41. The van der Waals surface area contributed by atoms with Crippen LogP contribution in [0.1, 0.15) is 11.1 Å². The van der Waals surface area contributed by atoms with E-state index in [1.54, 1.807) is 25.5 Å². The normalized spacial score (nSPS) is 11.6. The molecule has 0 radical (unpaired) electrons. The highest BCUT2D eigenvalue weighted by Crippen LogP contribution is 2.28. The Hall–Kier alpha value is -2.66. The van der Waals surface area contributed by atoms with Gasteiger partial charge in [0, 0.05) is 36.5 Å². The van der Waals surface area contributed by atoms with Gasteiger partial charge in [-0.2, -0.15) is 5.10 Å². The highest BCUT2D eigenvalue weighted by Gasteiger charge is 2.10. The number of pyridine rings is 1. The first-order chi connectivity index (χ1) is 10.7. The number of hydrogen-bond donors (Lipinski definition) is 2. The van der Waals surface area contributed by atoms with Crippen molar-refractivity contribution in [3.05, 3.63) is 65.1 Å². The number of nitrogens with zero attached hydrogens (tertiary/aromatic N) is 2. The molecule has 0 saturated carbocycles. The Morgan fingerprint density at radius 1 is 1.32 bits per heavy atom. The molecular weight excluding hydrogens is 300 g/mol. The first kappa shape index (κ1) is 14.3. The molecular formula is C16H13ClN4O. The Morgan fingerprint density at radius 3 is 2.91 bits per heavy atom. The van der Waals surface area contributed by atoms with Crippen molar-refractivity contribution in [1.82, 2.24) is 20.5 Å². The molecule has 110 valence electrons. The van der Waals surface area contributed by atoms with Gasteiger partial charge in [0.25, 0.3) is 0 Å². The van der Waals surface area contributed by atoms with Crippen LogP contribution < -0.4 is 5.32 Å². The smallest absolute Gasteiger partial charge is 0.244 e. The van der Waals surface area contributed by atoms with Crippen LogP contribution in [0.15, 0.2) is 48.8 Å². The number of fused-ring (bicyclic) bond motifs is 1. The molecule has 0 fully saturated rings. The van der Waals surface area contributed by atoms with Crippen LogP contribution >= 0.6 is 11.6 Å². The van der Waals surface area contributed by atoms with Gasteiger partial charge in [-0.1, -0.05) is 23.7 Å². The summed E-state index contributed by atoms with van der Waals surface area (Å²) in [6.07, 6.45) is 4.96. The second kappa shape index (κ2) is 5.99. The maximum Gasteiger partial charge on any atom is 0.244 e. The monoisotopic (exact) mass is 312 g/mol. The van der Waals surface area contributed by atoms with E-state index < -0.39 is 0 Å². The first-order valence-electron chi connectivity index (χ1n) is 6.67. The number of carbonyl (C=O) groups excluding carboxylic acids is 1. The van der Waals surface area contributed by atoms with Crippen molar-refractivity contribution in [2.24, 2.45) is 0 Å². The van der Waals surface area contributed by atoms with E-state index in [1.807, 2.05) is 30.3 Å². The summed E-state index contributed by atoms with van der Waals surface area (Å²) in [4.78, 5) is 15.9. The molecule has 5 nitrogen and oxygen atoms in total. The Kier molecular flexibility index (Phi) is 3.89. The molecule has 2 N–H and O–H groups in total. The van der Waals surface area contributed by atoms with E-state index in [0.717, 1.165) is 27.6 Å². The lowest BCUT2D eigenvalue weighted by molar-refractivity contribution is -0.116. The van der Waals surface area contributed by atoms with E-state index >= 15 is 0 Å². The van der Waals surface area contributed by atoms with Crippen molar-refractivity contribution in [3.8, 4) is 0 Å². The Bertz CT molecular complexity index is 855. The van der Waals surface area contributed by atoms with E-state index in [0.29, 0.717) is 5.15 Å². The topological polar surface area (TPSA) is 70.7 Å². The van der Waals surface area contributed by atoms with Gasteiger partial charge in [0.05, 0.1) is 5.52 Å². The number of aromatic amines is 1. The quantitative estimate of drug-likeness (QED) is 0.731. The average Bonchev–Trinajstić information content (AvgIpc) is 2.94. The van der Waals surface area contributed by atoms with Gasteiger partial charge >= 0.3 is 0 Å². The zero-order valence-electron chi connectivity index (χ0n) is 11.8. The Morgan fingerprint density at radius 2 is 2.18 bits per heavy atom. The van der Waals surface area contributed by atoms with Gasteiger partial charge in [-0.3, -0.25) is 14.9 Å². The van der Waals surface area contributed by atoms with Crippen LogP contribution in [-0.4, -0.2) is 28.1 Å². The minimum Gasteiger partial charge on any atom is -0.356 e. The molecule has 2 aromatic heterocycles. The summed E-state index contributed by atoms with van der Waals surface area (Å²) in [5.41, 5.74) is 3.27. The highest BCUT2D eigenvalue weighted by molar-refractivity contribution is 6.34. The zero-order valence-corrected chi connectivity index (χ0v) is 12.6. The van der Waals surface area contributed by atoms with Crippen LogP contribution in [0.25, 0.3) is 16.5 Å². The van der Waals surface area contributed by atoms with E-state index in [9.17, 15) is 4.79 Å². The van der Waals surface area contributed by atoms with Gasteiger partial charge in [0.15, 0.2) is 0 Å². The van der Waals surface area contributed by atoms with Crippen LogP contribution in [0.4, 0.5) is 0 Å². The fraction of sp³-hybridized carbons (Fsp3) is 0.0625. The van der Waals surface area contributed by atoms with Crippen molar-refractivity contribution < 1.29 is 4.79 Å². The van der Waals surface area contributed by atoms with Crippen LogP contribution in [0.2, 0.25) is 5.15 Å². The molecule has 6 heteroatoms. The number of nitrogens with one attached hydrogen (secondary N) is 2. The van der Waals surface area contributed by atoms with E-state index in [-0.39, 0.29) is 5.91 Å². The number of halogens is 1. The van der Waals surface area contributed by atoms with Gasteiger partial charge in [0.1, 0.15) is 5.15 Å². The third-order valence-corrected chi connectivity index (χ3v) is 3.60. The lowest BCUT2D eigenvalue weighted by Crippen LogP contribution is -2.15. The first-order valence-corrected chi connectivity index (χ1v) is 7.04. The third kappa shape index (κ3) is 2.71. The van der Waals surface area contributed by atoms with Gasteiger partial charge in [0.2, 0.25) is 5.91 Å². The molecule has 1 amide bonds. The molecule has 3 aromatic rings. The van der Waals surface area contributed by atoms with Gasteiger partial charge in [-0.05, 0) is 29.3 Å². The van der Waals surface area contributed by atoms with Crippen molar-refractivity contribution >= 4 is 34.0 Å². The number of carbonyl (C=O) groups is 1. The number of rotatable bonds is 3. The molecule has 0 aliphatic heterocycles. The van der Waals surface area contributed by atoms with E-state index in [1.165, 1.54) is 0 Å². The Labute approximate surface area is 132 Å². The molecule has 0 aliphatic rings. The standard InChI is InChI=1S/C16H13ClN4O/c1-18-15(22)8-12(11-3-2-6-19-9-11)10-4-5-14-13(7-10)16(17)21-20-14/h2-9H,1H3,(H,18,22)(H,20,21). The number of benzene rings is 1. The second-order valence-corrected chi connectivity index (χ2v) is 5.06. The Balaban J connectivity index is 2.17.